The molecule has 0 saturated heterocycles. The molecule has 1 atom stereocenters. The zero-order chi connectivity index (χ0) is 17.7. The van der Waals surface area contributed by atoms with Crippen molar-refractivity contribution < 1.29 is 5.11 Å². The predicted octanol–water partition coefficient (Wildman–Crippen LogP) is -0.406. The van der Waals surface area contributed by atoms with Crippen LogP contribution in [0.25, 0.3) is 0 Å². The van der Waals surface area contributed by atoms with Gasteiger partial charge in [-0.05, 0) is 19.3 Å². The Hall–Kier alpha value is -2.06. The first-order chi connectivity index (χ1) is 11.5. The molecule has 8 heteroatoms. The van der Waals surface area contributed by atoms with Crippen molar-refractivity contribution in [3.63, 3.8) is 0 Å². The SMILES string of the molecule is C=CCNCC(O)CCCCN1CN(C)c2c1n(C)c(=O)[nH]c2=O. The molecule has 1 aliphatic heterocycles. The van der Waals surface area contributed by atoms with Gasteiger partial charge in [-0.2, -0.15) is 0 Å². The molecule has 0 saturated carbocycles. The molecule has 0 amide bonds. The lowest BCUT2D eigenvalue weighted by molar-refractivity contribution is 0.160. The van der Waals surface area contributed by atoms with Gasteiger partial charge in [0.1, 0.15) is 11.5 Å². The standard InChI is InChI=1S/C16H27N5O3/c1-4-8-17-10-12(22)7-5-6-9-21-11-19(2)13-14(23)18-16(24)20(3)15(13)21/h4,12,17,22H,1,5-11H2,2-3H3,(H,18,23,24). The number of nitrogens with zero attached hydrogens (tertiary/aromatic N) is 3. The van der Waals surface area contributed by atoms with E-state index in [0.29, 0.717) is 31.3 Å². The van der Waals surface area contributed by atoms with Crippen molar-refractivity contribution >= 4 is 11.5 Å². The Labute approximate surface area is 141 Å². The van der Waals surface area contributed by atoms with E-state index in [9.17, 15) is 14.7 Å². The first-order valence-electron chi connectivity index (χ1n) is 8.24. The highest BCUT2D eigenvalue weighted by molar-refractivity contribution is 5.71. The monoisotopic (exact) mass is 337 g/mol. The lowest BCUT2D eigenvalue weighted by Gasteiger charge is -2.20. The number of unbranched alkanes of at least 4 members (excludes halogenated alkanes) is 1. The van der Waals surface area contributed by atoms with Gasteiger partial charge in [-0.1, -0.05) is 6.08 Å². The maximum atomic E-state index is 12.0. The molecule has 0 aliphatic carbocycles. The van der Waals surface area contributed by atoms with E-state index in [0.717, 1.165) is 25.8 Å². The Bertz CT molecular complexity index is 681. The van der Waals surface area contributed by atoms with Gasteiger partial charge in [-0.3, -0.25) is 14.3 Å². The van der Waals surface area contributed by atoms with Crippen molar-refractivity contribution in [3.05, 3.63) is 33.5 Å². The topological polar surface area (TPSA) is 93.6 Å². The average molecular weight is 337 g/mol. The van der Waals surface area contributed by atoms with Crippen LogP contribution in [-0.2, 0) is 7.05 Å². The van der Waals surface area contributed by atoms with Gasteiger partial charge in [-0.15, -0.1) is 6.58 Å². The van der Waals surface area contributed by atoms with Crippen LogP contribution in [0.2, 0.25) is 0 Å². The Morgan fingerprint density at radius 3 is 2.83 bits per heavy atom. The molecule has 2 heterocycles. The number of hydrogen-bond acceptors (Lipinski definition) is 6. The van der Waals surface area contributed by atoms with Gasteiger partial charge in [0.25, 0.3) is 5.56 Å². The van der Waals surface area contributed by atoms with Crippen LogP contribution in [-0.4, -0.2) is 54.1 Å². The number of nitrogens with one attached hydrogen (secondary N) is 2. The minimum absolute atomic E-state index is 0.346. The summed E-state index contributed by atoms with van der Waals surface area (Å²) in [6.45, 7) is 6.19. The fraction of sp³-hybridized carbons (Fsp3) is 0.625. The van der Waals surface area contributed by atoms with E-state index in [4.69, 9.17) is 0 Å². The summed E-state index contributed by atoms with van der Waals surface area (Å²) in [4.78, 5) is 30.0. The Kier molecular flexibility index (Phi) is 6.22. The highest BCUT2D eigenvalue weighted by atomic mass is 16.3. The number of hydrogen-bond donors (Lipinski definition) is 3. The number of aliphatic hydroxyl groups is 1. The number of aliphatic hydroxyl groups excluding tert-OH is 1. The molecule has 1 aromatic heterocycles. The van der Waals surface area contributed by atoms with Crippen molar-refractivity contribution in [1.82, 2.24) is 14.9 Å². The summed E-state index contributed by atoms with van der Waals surface area (Å²) in [5.74, 6) is 0.666. The quantitative estimate of drug-likeness (QED) is 0.419. The fourth-order valence-electron chi connectivity index (χ4n) is 3.01. The lowest BCUT2D eigenvalue weighted by atomic mass is 10.1. The number of anilines is 2. The van der Waals surface area contributed by atoms with E-state index in [1.54, 1.807) is 13.1 Å². The molecule has 1 unspecified atom stereocenters. The van der Waals surface area contributed by atoms with Gasteiger partial charge < -0.3 is 20.2 Å². The zero-order valence-electron chi connectivity index (χ0n) is 14.4. The van der Waals surface area contributed by atoms with E-state index in [1.807, 2.05) is 16.8 Å². The van der Waals surface area contributed by atoms with Crippen LogP contribution < -0.4 is 26.4 Å². The van der Waals surface area contributed by atoms with Crippen molar-refractivity contribution in [2.24, 2.45) is 7.05 Å². The van der Waals surface area contributed by atoms with Gasteiger partial charge in [0.05, 0.1) is 12.8 Å². The average Bonchev–Trinajstić information content (AvgIpc) is 2.87. The second kappa shape index (κ2) is 8.16. The smallest absolute Gasteiger partial charge is 0.329 e. The molecule has 0 spiro atoms. The van der Waals surface area contributed by atoms with Crippen LogP contribution in [0.3, 0.4) is 0 Å². The summed E-state index contributed by atoms with van der Waals surface area (Å²) in [6.07, 6.45) is 3.87. The van der Waals surface area contributed by atoms with E-state index < -0.39 is 5.69 Å². The molecule has 1 aromatic rings. The van der Waals surface area contributed by atoms with Crippen LogP contribution in [0.4, 0.5) is 11.5 Å². The summed E-state index contributed by atoms with van der Waals surface area (Å²) in [5.41, 5.74) is -0.213. The van der Waals surface area contributed by atoms with Gasteiger partial charge >= 0.3 is 5.69 Å². The van der Waals surface area contributed by atoms with E-state index >= 15 is 0 Å². The molecular weight excluding hydrogens is 310 g/mol. The van der Waals surface area contributed by atoms with Crippen LogP contribution in [0.5, 0.6) is 0 Å². The first kappa shape index (κ1) is 18.3. The van der Waals surface area contributed by atoms with E-state index in [2.05, 4.69) is 16.9 Å². The third-order valence-electron chi connectivity index (χ3n) is 4.22. The van der Waals surface area contributed by atoms with Gasteiger partial charge in [-0.25, -0.2) is 4.79 Å². The van der Waals surface area contributed by atoms with Crippen LogP contribution in [0.15, 0.2) is 22.2 Å². The molecule has 2 rings (SSSR count). The molecule has 0 aromatic carbocycles. The van der Waals surface area contributed by atoms with E-state index in [1.165, 1.54) is 4.57 Å². The molecule has 1 aliphatic rings. The summed E-state index contributed by atoms with van der Waals surface area (Å²) in [6, 6.07) is 0. The number of aromatic nitrogens is 2. The maximum Gasteiger partial charge on any atom is 0.329 e. The largest absolute Gasteiger partial charge is 0.392 e. The second-order valence-corrected chi connectivity index (χ2v) is 6.19. The normalized spacial score (nSPS) is 14.8. The zero-order valence-corrected chi connectivity index (χ0v) is 14.4. The predicted molar refractivity (Wildman–Crippen MR) is 95.8 cm³/mol. The Balaban J connectivity index is 1.89. The Morgan fingerprint density at radius 1 is 1.38 bits per heavy atom. The summed E-state index contributed by atoms with van der Waals surface area (Å²) >= 11 is 0. The molecule has 24 heavy (non-hydrogen) atoms. The lowest BCUT2D eigenvalue weighted by Crippen LogP contribution is -2.33. The number of fused-ring (bicyclic) bond motifs is 1. The van der Waals surface area contributed by atoms with Gasteiger partial charge in [0.2, 0.25) is 0 Å². The summed E-state index contributed by atoms with van der Waals surface area (Å²) in [7, 11) is 3.51. The number of rotatable bonds is 9. The molecule has 8 nitrogen and oxygen atoms in total. The summed E-state index contributed by atoms with van der Waals surface area (Å²) < 4.78 is 1.48. The Morgan fingerprint density at radius 2 is 2.12 bits per heavy atom. The van der Waals surface area contributed by atoms with Gasteiger partial charge in [0, 0.05) is 33.7 Å². The van der Waals surface area contributed by atoms with E-state index in [-0.39, 0.29) is 11.7 Å². The molecule has 0 radical (unpaired) electrons. The molecule has 3 N–H and O–H groups in total. The highest BCUT2D eigenvalue weighted by Gasteiger charge is 2.29. The third kappa shape index (κ3) is 4.07. The van der Waals surface area contributed by atoms with Crippen molar-refractivity contribution in [1.29, 1.82) is 0 Å². The fourth-order valence-corrected chi connectivity index (χ4v) is 3.01. The number of H-pyrrole nitrogens is 1. The molecule has 0 fully saturated rings. The molecule has 134 valence electrons. The highest BCUT2D eigenvalue weighted by Crippen LogP contribution is 2.29. The van der Waals surface area contributed by atoms with Gasteiger partial charge in [0.15, 0.2) is 0 Å². The van der Waals surface area contributed by atoms with Crippen LogP contribution in [0, 0.1) is 0 Å². The van der Waals surface area contributed by atoms with Crippen molar-refractivity contribution in [3.8, 4) is 0 Å². The van der Waals surface area contributed by atoms with Crippen LogP contribution in [0.1, 0.15) is 19.3 Å². The van der Waals surface area contributed by atoms with Crippen molar-refractivity contribution in [2.75, 3.05) is 43.2 Å². The third-order valence-corrected chi connectivity index (χ3v) is 4.22. The minimum atomic E-state index is -0.400. The molecular formula is C16H27N5O3. The van der Waals surface area contributed by atoms with Crippen molar-refractivity contribution in [2.45, 2.75) is 25.4 Å². The minimum Gasteiger partial charge on any atom is -0.392 e. The van der Waals surface area contributed by atoms with Crippen LogP contribution >= 0.6 is 0 Å². The second-order valence-electron chi connectivity index (χ2n) is 6.19. The first-order valence-corrected chi connectivity index (χ1v) is 8.24. The number of aromatic amines is 1. The summed E-state index contributed by atoms with van der Waals surface area (Å²) in [5, 5.41) is 13.0. The maximum absolute atomic E-state index is 12.0. The molecule has 0 bridgehead atoms.